The highest BCUT2D eigenvalue weighted by Gasteiger charge is 2.18. The van der Waals surface area contributed by atoms with Crippen molar-refractivity contribution in [2.75, 3.05) is 18.4 Å². The van der Waals surface area contributed by atoms with Crippen LogP contribution in [0, 0.1) is 10.1 Å². The third-order valence-electron chi connectivity index (χ3n) is 3.51. The van der Waals surface area contributed by atoms with E-state index in [9.17, 15) is 24.5 Å². The standard InChI is InChI=1S/C18H18N4O5/c1-12(23)21-14-8-6-13(7-9-14)17(24)19-10-11-20-18(25)15-4-2-3-5-16(15)22(26)27/h2-9H,10-11H2,1H3,(H,19,24)(H,20,25)(H,21,23). The van der Waals surface area contributed by atoms with Crippen LogP contribution in [0.3, 0.4) is 0 Å². The molecule has 0 heterocycles. The lowest BCUT2D eigenvalue weighted by molar-refractivity contribution is -0.385. The Kier molecular flexibility index (Phi) is 6.59. The molecule has 27 heavy (non-hydrogen) atoms. The molecule has 0 fully saturated rings. The molecule has 0 aliphatic heterocycles. The van der Waals surface area contributed by atoms with Gasteiger partial charge in [-0.2, -0.15) is 0 Å². The molecule has 0 spiro atoms. The van der Waals surface area contributed by atoms with Crippen LogP contribution in [0.25, 0.3) is 0 Å². The minimum absolute atomic E-state index is 0.0395. The maximum absolute atomic E-state index is 12.0. The van der Waals surface area contributed by atoms with E-state index in [0.29, 0.717) is 11.3 Å². The number of hydrogen-bond donors (Lipinski definition) is 3. The van der Waals surface area contributed by atoms with E-state index in [1.807, 2.05) is 0 Å². The normalized spacial score (nSPS) is 9.96. The second kappa shape index (κ2) is 9.09. The summed E-state index contributed by atoms with van der Waals surface area (Å²) in [5.41, 5.74) is 0.658. The van der Waals surface area contributed by atoms with Gasteiger partial charge in [0.15, 0.2) is 0 Å². The molecule has 0 atom stereocenters. The summed E-state index contributed by atoms with van der Waals surface area (Å²) in [6.45, 7) is 1.65. The average Bonchev–Trinajstić information content (AvgIpc) is 2.65. The first kappa shape index (κ1) is 19.6. The van der Waals surface area contributed by atoms with Gasteiger partial charge in [-0.15, -0.1) is 0 Å². The Hall–Kier alpha value is -3.75. The van der Waals surface area contributed by atoms with Crippen LogP contribution >= 0.6 is 0 Å². The third kappa shape index (κ3) is 5.63. The molecule has 0 unspecified atom stereocenters. The van der Waals surface area contributed by atoms with Crippen molar-refractivity contribution in [3.63, 3.8) is 0 Å². The van der Waals surface area contributed by atoms with E-state index in [1.165, 1.54) is 31.2 Å². The first-order valence-corrected chi connectivity index (χ1v) is 8.06. The van der Waals surface area contributed by atoms with E-state index in [0.717, 1.165) is 0 Å². The molecule has 0 saturated heterocycles. The van der Waals surface area contributed by atoms with Crippen molar-refractivity contribution in [2.45, 2.75) is 6.92 Å². The quantitative estimate of drug-likeness (QED) is 0.388. The fourth-order valence-electron chi connectivity index (χ4n) is 2.28. The van der Waals surface area contributed by atoms with E-state index in [2.05, 4.69) is 16.0 Å². The maximum Gasteiger partial charge on any atom is 0.282 e. The Balaban J connectivity index is 1.83. The van der Waals surface area contributed by atoms with E-state index < -0.39 is 10.8 Å². The topological polar surface area (TPSA) is 130 Å². The van der Waals surface area contributed by atoms with Crippen LogP contribution < -0.4 is 16.0 Å². The molecule has 3 amide bonds. The number of carbonyl (C=O) groups excluding carboxylic acids is 3. The summed E-state index contributed by atoms with van der Waals surface area (Å²) in [6, 6.07) is 12.0. The number of rotatable bonds is 7. The number of para-hydroxylation sites is 1. The molecule has 9 heteroatoms. The molecule has 140 valence electrons. The number of carbonyl (C=O) groups is 3. The Morgan fingerprint density at radius 3 is 2.11 bits per heavy atom. The number of benzene rings is 2. The Morgan fingerprint density at radius 1 is 0.926 bits per heavy atom. The highest BCUT2D eigenvalue weighted by molar-refractivity contribution is 5.98. The van der Waals surface area contributed by atoms with Crippen LogP contribution in [-0.2, 0) is 4.79 Å². The van der Waals surface area contributed by atoms with Crippen LogP contribution in [0.5, 0.6) is 0 Å². The number of nitro benzene ring substituents is 1. The zero-order chi connectivity index (χ0) is 19.8. The van der Waals surface area contributed by atoms with Crippen molar-refractivity contribution in [1.29, 1.82) is 0 Å². The number of nitrogens with one attached hydrogen (secondary N) is 3. The van der Waals surface area contributed by atoms with Crippen molar-refractivity contribution < 1.29 is 19.3 Å². The number of nitrogens with zero attached hydrogens (tertiary/aromatic N) is 1. The Labute approximate surface area is 154 Å². The van der Waals surface area contributed by atoms with Gasteiger partial charge in [0.1, 0.15) is 5.56 Å². The molecule has 2 aromatic carbocycles. The third-order valence-corrected chi connectivity index (χ3v) is 3.51. The number of hydrogen-bond acceptors (Lipinski definition) is 5. The minimum atomic E-state index is -0.624. The highest BCUT2D eigenvalue weighted by atomic mass is 16.6. The van der Waals surface area contributed by atoms with Gasteiger partial charge < -0.3 is 16.0 Å². The van der Waals surface area contributed by atoms with Gasteiger partial charge in [-0.3, -0.25) is 24.5 Å². The summed E-state index contributed by atoms with van der Waals surface area (Å²) in [4.78, 5) is 45.4. The minimum Gasteiger partial charge on any atom is -0.350 e. The fourth-order valence-corrected chi connectivity index (χ4v) is 2.28. The van der Waals surface area contributed by atoms with Gasteiger partial charge in [0.05, 0.1) is 4.92 Å². The summed E-state index contributed by atoms with van der Waals surface area (Å²) in [6.07, 6.45) is 0. The van der Waals surface area contributed by atoms with Gasteiger partial charge in [0.2, 0.25) is 5.91 Å². The number of nitro groups is 1. The SMILES string of the molecule is CC(=O)Nc1ccc(C(=O)NCCNC(=O)c2ccccc2[N+](=O)[O-])cc1. The fraction of sp³-hybridized carbons (Fsp3) is 0.167. The second-order valence-electron chi connectivity index (χ2n) is 5.54. The van der Waals surface area contributed by atoms with Crippen molar-refractivity contribution in [3.8, 4) is 0 Å². The van der Waals surface area contributed by atoms with Crippen molar-refractivity contribution in [1.82, 2.24) is 10.6 Å². The van der Waals surface area contributed by atoms with Gasteiger partial charge in [-0.25, -0.2) is 0 Å². The van der Waals surface area contributed by atoms with Crippen LogP contribution in [0.4, 0.5) is 11.4 Å². The molecule has 0 aliphatic carbocycles. The monoisotopic (exact) mass is 370 g/mol. The van der Waals surface area contributed by atoms with Crippen LogP contribution in [0.2, 0.25) is 0 Å². The first-order valence-electron chi connectivity index (χ1n) is 8.06. The molecule has 0 radical (unpaired) electrons. The van der Waals surface area contributed by atoms with Crippen molar-refractivity contribution in [3.05, 3.63) is 69.8 Å². The molecule has 0 bridgehead atoms. The lowest BCUT2D eigenvalue weighted by Crippen LogP contribution is -2.34. The van der Waals surface area contributed by atoms with Crippen molar-refractivity contribution in [2.24, 2.45) is 0 Å². The van der Waals surface area contributed by atoms with E-state index in [4.69, 9.17) is 0 Å². The highest BCUT2D eigenvalue weighted by Crippen LogP contribution is 2.17. The van der Waals surface area contributed by atoms with E-state index in [-0.39, 0.29) is 36.2 Å². The predicted molar refractivity (Wildman–Crippen MR) is 98.5 cm³/mol. The van der Waals surface area contributed by atoms with E-state index in [1.54, 1.807) is 24.3 Å². The Morgan fingerprint density at radius 2 is 1.52 bits per heavy atom. The molecule has 0 saturated carbocycles. The van der Waals surface area contributed by atoms with E-state index >= 15 is 0 Å². The van der Waals surface area contributed by atoms with Gasteiger partial charge in [-0.05, 0) is 30.3 Å². The summed E-state index contributed by atoms with van der Waals surface area (Å²) in [5, 5.41) is 18.7. The smallest absolute Gasteiger partial charge is 0.282 e. The molecule has 0 aromatic heterocycles. The molecular formula is C18H18N4O5. The second-order valence-corrected chi connectivity index (χ2v) is 5.54. The van der Waals surface area contributed by atoms with Gasteiger partial charge >= 0.3 is 0 Å². The van der Waals surface area contributed by atoms with Crippen molar-refractivity contribution >= 4 is 29.1 Å². The van der Waals surface area contributed by atoms with Crippen LogP contribution in [0.1, 0.15) is 27.6 Å². The van der Waals surface area contributed by atoms with Gasteiger partial charge in [0.25, 0.3) is 17.5 Å². The molecule has 2 aromatic rings. The zero-order valence-electron chi connectivity index (χ0n) is 14.5. The molecule has 3 N–H and O–H groups in total. The van der Waals surface area contributed by atoms with Crippen LogP contribution in [0.15, 0.2) is 48.5 Å². The zero-order valence-corrected chi connectivity index (χ0v) is 14.5. The van der Waals surface area contributed by atoms with Gasteiger partial charge in [0, 0.05) is 37.3 Å². The molecule has 0 aliphatic rings. The maximum atomic E-state index is 12.0. The molecule has 2 rings (SSSR count). The lowest BCUT2D eigenvalue weighted by Gasteiger charge is -2.08. The summed E-state index contributed by atoms with van der Waals surface area (Å²) in [7, 11) is 0. The predicted octanol–water partition coefficient (Wildman–Crippen LogP) is 1.71. The number of amides is 3. The first-order chi connectivity index (χ1) is 12.9. The van der Waals surface area contributed by atoms with Gasteiger partial charge in [-0.1, -0.05) is 12.1 Å². The lowest BCUT2D eigenvalue weighted by atomic mass is 10.1. The summed E-state index contributed by atoms with van der Waals surface area (Å²) >= 11 is 0. The summed E-state index contributed by atoms with van der Waals surface area (Å²) < 4.78 is 0. The summed E-state index contributed by atoms with van der Waals surface area (Å²) in [5.74, 6) is -1.14. The molecular weight excluding hydrogens is 352 g/mol. The average molecular weight is 370 g/mol. The van der Waals surface area contributed by atoms with Crippen LogP contribution in [-0.4, -0.2) is 35.7 Å². The molecule has 9 nitrogen and oxygen atoms in total. The largest absolute Gasteiger partial charge is 0.350 e. The Bertz CT molecular complexity index is 864. The number of anilines is 1.